The summed E-state index contributed by atoms with van der Waals surface area (Å²) in [4.78, 5) is 24.4. The van der Waals surface area contributed by atoms with Gasteiger partial charge < -0.3 is 19.9 Å². The third-order valence-electron chi connectivity index (χ3n) is 8.66. The summed E-state index contributed by atoms with van der Waals surface area (Å²) in [5.74, 6) is 0.512. The number of pyridine rings is 1. The van der Waals surface area contributed by atoms with Crippen LogP contribution in [0, 0.1) is 11.3 Å². The lowest BCUT2D eigenvalue weighted by Crippen LogP contribution is -2.63. The predicted molar refractivity (Wildman–Crippen MR) is 161 cm³/mol. The van der Waals surface area contributed by atoms with Gasteiger partial charge in [-0.05, 0) is 40.9 Å². The Hall–Kier alpha value is -4.00. The van der Waals surface area contributed by atoms with Crippen molar-refractivity contribution >= 4 is 44.8 Å². The van der Waals surface area contributed by atoms with E-state index in [9.17, 15) is 10.1 Å². The maximum atomic E-state index is 13.0. The number of rotatable bonds is 8. The summed E-state index contributed by atoms with van der Waals surface area (Å²) >= 11 is 3.46. The normalized spacial score (nSPS) is 19.3. The van der Waals surface area contributed by atoms with E-state index >= 15 is 0 Å². The Morgan fingerprint density at radius 1 is 1.14 bits per heavy atom. The minimum atomic E-state index is -0.390. The van der Waals surface area contributed by atoms with Crippen LogP contribution in [-0.2, 0) is 21.6 Å². The summed E-state index contributed by atoms with van der Waals surface area (Å²) in [7, 11) is 0. The molecule has 14 nitrogen and oxygen atoms in total. The number of nitriles is 1. The van der Waals surface area contributed by atoms with Gasteiger partial charge in [-0.3, -0.25) is 19.1 Å². The highest BCUT2D eigenvalue weighted by molar-refractivity contribution is 9.10. The molecule has 1 amide bonds. The molecule has 0 bridgehead atoms. The number of nitrogens with zero attached hydrogens (tertiary/aromatic N) is 11. The molecular weight excluding hydrogens is 616 g/mol. The van der Waals surface area contributed by atoms with Crippen molar-refractivity contribution in [3.63, 3.8) is 0 Å². The molecule has 0 atom stereocenters. The lowest BCUT2D eigenvalue weighted by molar-refractivity contribution is -0.133. The summed E-state index contributed by atoms with van der Waals surface area (Å²) in [6.07, 6.45) is 11.3. The maximum absolute atomic E-state index is 13.0. The Bertz CT molecular complexity index is 1640. The number of carbonyl (C=O) groups is 1. The van der Waals surface area contributed by atoms with E-state index in [1.807, 2.05) is 34.1 Å². The maximum Gasteiger partial charge on any atom is 0.247 e. The number of anilines is 3. The number of hydrogen-bond donors (Lipinski definition) is 1. The number of morpholine rings is 1. The average molecular weight is 650 g/mol. The number of hydrogen-bond acceptors (Lipinski definition) is 10. The molecule has 7 heterocycles. The number of ether oxygens (including phenoxy) is 1. The van der Waals surface area contributed by atoms with Crippen molar-refractivity contribution in [2.75, 3.05) is 62.7 Å². The Labute approximate surface area is 256 Å². The summed E-state index contributed by atoms with van der Waals surface area (Å²) in [6, 6.07) is 6.80. The summed E-state index contributed by atoms with van der Waals surface area (Å²) < 4.78 is 11.6. The lowest BCUT2D eigenvalue weighted by atomic mass is 9.86. The summed E-state index contributed by atoms with van der Waals surface area (Å²) in [6.45, 7) is 6.57. The van der Waals surface area contributed by atoms with Gasteiger partial charge in [-0.15, -0.1) is 5.10 Å². The third-order valence-corrected chi connectivity index (χ3v) is 9.07. The molecule has 0 aromatic carbocycles. The van der Waals surface area contributed by atoms with Crippen LogP contribution in [-0.4, -0.2) is 108 Å². The van der Waals surface area contributed by atoms with Crippen molar-refractivity contribution in [3.8, 4) is 6.07 Å². The van der Waals surface area contributed by atoms with Crippen molar-refractivity contribution in [2.24, 2.45) is 0 Å². The zero-order valence-electron chi connectivity index (χ0n) is 23.7. The lowest BCUT2D eigenvalue weighted by Gasteiger charge is -2.50. The first-order valence-corrected chi connectivity index (χ1v) is 15.4. The molecule has 1 N–H and O–H groups in total. The van der Waals surface area contributed by atoms with Gasteiger partial charge >= 0.3 is 0 Å². The zero-order chi connectivity index (χ0) is 29.4. The second-order valence-corrected chi connectivity index (χ2v) is 12.3. The van der Waals surface area contributed by atoms with E-state index in [4.69, 9.17) is 9.72 Å². The van der Waals surface area contributed by atoms with Crippen LogP contribution in [0.3, 0.4) is 0 Å². The fourth-order valence-corrected chi connectivity index (χ4v) is 6.66. The highest BCUT2D eigenvalue weighted by atomic mass is 79.9. The van der Waals surface area contributed by atoms with Crippen LogP contribution >= 0.6 is 15.9 Å². The molecule has 7 rings (SSSR count). The van der Waals surface area contributed by atoms with Crippen LogP contribution in [0.4, 0.5) is 17.3 Å². The minimum absolute atomic E-state index is 0.0788. The van der Waals surface area contributed by atoms with E-state index in [0.717, 1.165) is 62.4 Å². The van der Waals surface area contributed by atoms with Crippen LogP contribution < -0.4 is 10.2 Å². The molecule has 3 fully saturated rings. The smallest absolute Gasteiger partial charge is 0.247 e. The minimum Gasteiger partial charge on any atom is -0.379 e. The first kappa shape index (κ1) is 27.8. The topological polar surface area (TPSA) is 138 Å². The van der Waals surface area contributed by atoms with E-state index in [1.165, 1.54) is 0 Å². The van der Waals surface area contributed by atoms with E-state index in [0.29, 0.717) is 42.8 Å². The molecule has 0 spiro atoms. The summed E-state index contributed by atoms with van der Waals surface area (Å²) in [5, 5.41) is 26.2. The zero-order valence-corrected chi connectivity index (χ0v) is 25.3. The molecule has 3 aliphatic rings. The number of piperidine rings is 1. The monoisotopic (exact) mass is 648 g/mol. The highest BCUT2D eigenvalue weighted by Gasteiger charge is 2.46. The number of halogens is 1. The van der Waals surface area contributed by atoms with E-state index in [-0.39, 0.29) is 18.0 Å². The van der Waals surface area contributed by atoms with Crippen molar-refractivity contribution in [3.05, 3.63) is 47.6 Å². The van der Waals surface area contributed by atoms with Gasteiger partial charge in [0.05, 0.1) is 53.9 Å². The second-order valence-electron chi connectivity index (χ2n) is 11.4. The molecule has 43 heavy (non-hydrogen) atoms. The van der Waals surface area contributed by atoms with Gasteiger partial charge in [0, 0.05) is 63.9 Å². The van der Waals surface area contributed by atoms with Crippen LogP contribution in [0.1, 0.15) is 19.3 Å². The van der Waals surface area contributed by atoms with E-state index < -0.39 is 0 Å². The Morgan fingerprint density at radius 2 is 1.95 bits per heavy atom. The van der Waals surface area contributed by atoms with Crippen molar-refractivity contribution < 1.29 is 9.53 Å². The molecule has 0 saturated carbocycles. The van der Waals surface area contributed by atoms with Crippen molar-refractivity contribution in [2.45, 2.75) is 37.4 Å². The van der Waals surface area contributed by atoms with Gasteiger partial charge in [0.2, 0.25) is 11.9 Å². The van der Waals surface area contributed by atoms with Gasteiger partial charge in [0.1, 0.15) is 12.1 Å². The fourth-order valence-electron chi connectivity index (χ4n) is 6.38. The standard InChI is InChI=1S/C28H33BrN12O2/c29-21-14-32-41(16-21)28(5-6-30)19-38(20-28)24-2-1-7-40-26(24)34-27(35-40)33-22-15-31-39(17-22)18-25(42)37-8-3-23(4-9-37)36-10-12-43-13-11-36/h1-2,7,14-17,23H,3-5,8-13,18-20H2,(H,33,35). The largest absolute Gasteiger partial charge is 0.379 e. The third kappa shape index (κ3) is 5.57. The second kappa shape index (κ2) is 11.6. The number of nitrogens with one attached hydrogen (secondary N) is 1. The number of carbonyl (C=O) groups excluding carboxylic acids is 1. The first-order valence-electron chi connectivity index (χ1n) is 14.6. The molecule has 15 heteroatoms. The van der Waals surface area contributed by atoms with Gasteiger partial charge in [0.25, 0.3) is 0 Å². The Kier molecular flexibility index (Phi) is 7.50. The quantitative estimate of drug-likeness (QED) is 0.302. The van der Waals surface area contributed by atoms with E-state index in [2.05, 4.69) is 52.4 Å². The van der Waals surface area contributed by atoms with Crippen molar-refractivity contribution in [1.82, 2.24) is 44.0 Å². The van der Waals surface area contributed by atoms with Crippen molar-refractivity contribution in [1.29, 1.82) is 5.26 Å². The SMILES string of the molecule is N#CCC1(n2cc(Br)cn2)CN(c2cccn3nc(Nc4cnn(CC(=O)N5CCC(N6CCOCC6)CC5)c4)nc23)C1. The molecular formula is C28H33BrN12O2. The molecule has 3 aliphatic heterocycles. The van der Waals surface area contributed by atoms with Gasteiger partial charge in [0.15, 0.2) is 5.65 Å². The van der Waals surface area contributed by atoms with Gasteiger partial charge in [-0.1, -0.05) is 0 Å². The average Bonchev–Trinajstić information content (AvgIpc) is 3.75. The van der Waals surface area contributed by atoms with Gasteiger partial charge in [-0.2, -0.15) is 20.4 Å². The molecule has 0 radical (unpaired) electrons. The van der Waals surface area contributed by atoms with E-state index in [1.54, 1.807) is 27.8 Å². The predicted octanol–water partition coefficient (Wildman–Crippen LogP) is 2.08. The molecule has 0 aliphatic carbocycles. The molecule has 4 aromatic rings. The van der Waals surface area contributed by atoms with Gasteiger partial charge in [-0.25, -0.2) is 4.52 Å². The first-order chi connectivity index (χ1) is 21.0. The highest BCUT2D eigenvalue weighted by Crippen LogP contribution is 2.37. The molecule has 0 unspecified atom stereocenters. The Balaban J connectivity index is 0.972. The number of aromatic nitrogens is 7. The van der Waals surface area contributed by atoms with Crippen LogP contribution in [0.15, 0.2) is 47.6 Å². The summed E-state index contributed by atoms with van der Waals surface area (Å²) in [5.41, 5.74) is 1.96. The molecule has 4 aromatic heterocycles. The van der Waals surface area contributed by atoms with Crippen LogP contribution in [0.5, 0.6) is 0 Å². The number of likely N-dealkylation sites (tertiary alicyclic amines) is 1. The molecule has 224 valence electrons. The number of fused-ring (bicyclic) bond motifs is 1. The molecule has 3 saturated heterocycles. The Morgan fingerprint density at radius 3 is 2.70 bits per heavy atom. The number of amides is 1. The van der Waals surface area contributed by atoms with Crippen LogP contribution in [0.2, 0.25) is 0 Å². The van der Waals surface area contributed by atoms with Crippen LogP contribution in [0.25, 0.3) is 5.65 Å². The fraction of sp³-hybridized carbons (Fsp3) is 0.500.